The molecule has 3 unspecified atom stereocenters. The molecule has 68 valence electrons. The predicted octanol–water partition coefficient (Wildman–Crippen LogP) is 1.92. The van der Waals surface area contributed by atoms with E-state index < -0.39 is 0 Å². The Morgan fingerprint density at radius 1 is 1.50 bits per heavy atom. The van der Waals surface area contributed by atoms with Crippen molar-refractivity contribution in [2.75, 3.05) is 0 Å². The van der Waals surface area contributed by atoms with Crippen LogP contribution in [0.15, 0.2) is 0 Å². The lowest BCUT2D eigenvalue weighted by atomic mass is 9.85. The molecule has 0 N–H and O–H groups in total. The fourth-order valence-electron chi connectivity index (χ4n) is 2.41. The minimum atomic E-state index is 0.253. The predicted molar refractivity (Wildman–Crippen MR) is 45.9 cm³/mol. The molecule has 3 atom stereocenters. The Kier molecular flexibility index (Phi) is 2.18. The Hall–Kier alpha value is -0.370. The number of hydrogen-bond acceptors (Lipinski definition) is 2. The molecule has 12 heavy (non-hydrogen) atoms. The smallest absolute Gasteiger partial charge is 0.138 e. The van der Waals surface area contributed by atoms with E-state index in [2.05, 4.69) is 6.92 Å². The molecule has 2 bridgehead atoms. The van der Waals surface area contributed by atoms with Gasteiger partial charge in [0, 0.05) is 12.3 Å². The zero-order valence-electron chi connectivity index (χ0n) is 7.58. The van der Waals surface area contributed by atoms with Crippen LogP contribution in [-0.2, 0) is 9.53 Å². The number of carbonyl (C=O) groups is 1. The first-order chi connectivity index (χ1) is 5.81. The zero-order valence-corrected chi connectivity index (χ0v) is 7.58. The van der Waals surface area contributed by atoms with E-state index in [0.717, 1.165) is 25.7 Å². The Balaban J connectivity index is 1.93. The van der Waals surface area contributed by atoms with Crippen molar-refractivity contribution < 1.29 is 9.53 Å². The molecule has 0 aliphatic carbocycles. The molecule has 2 aliphatic heterocycles. The lowest BCUT2D eigenvalue weighted by molar-refractivity contribution is -0.124. The molecule has 0 spiro atoms. The van der Waals surface area contributed by atoms with Gasteiger partial charge in [0.05, 0.1) is 12.2 Å². The van der Waals surface area contributed by atoms with E-state index in [1.54, 1.807) is 0 Å². The molecule has 0 aromatic rings. The summed E-state index contributed by atoms with van der Waals surface area (Å²) in [6.07, 6.45) is 5.73. The van der Waals surface area contributed by atoms with Crippen LogP contribution in [0.5, 0.6) is 0 Å². The maximum absolute atomic E-state index is 11.6. The summed E-state index contributed by atoms with van der Waals surface area (Å²) < 4.78 is 5.63. The normalized spacial score (nSPS) is 38.9. The molecule has 2 heteroatoms. The van der Waals surface area contributed by atoms with Gasteiger partial charge in [0.2, 0.25) is 0 Å². The van der Waals surface area contributed by atoms with Crippen LogP contribution in [0.3, 0.4) is 0 Å². The van der Waals surface area contributed by atoms with E-state index in [9.17, 15) is 4.79 Å². The van der Waals surface area contributed by atoms with E-state index in [1.165, 1.54) is 6.42 Å². The number of fused-ring (bicyclic) bond motifs is 2. The molecule has 0 radical (unpaired) electrons. The van der Waals surface area contributed by atoms with Crippen LogP contribution in [-0.4, -0.2) is 18.0 Å². The van der Waals surface area contributed by atoms with Gasteiger partial charge in [-0.25, -0.2) is 0 Å². The van der Waals surface area contributed by atoms with Crippen molar-refractivity contribution in [1.29, 1.82) is 0 Å². The summed E-state index contributed by atoms with van der Waals surface area (Å²) >= 11 is 0. The molecule has 2 aliphatic rings. The minimum Gasteiger partial charge on any atom is -0.374 e. The Bertz CT molecular complexity index is 188. The van der Waals surface area contributed by atoms with Crippen LogP contribution in [0.1, 0.15) is 39.0 Å². The SMILES string of the molecule is CCCC(=O)C1CC2CCC1O2. The number of Topliss-reactive ketones (excluding diaryl/α,β-unsaturated/α-hetero) is 1. The molecule has 0 saturated carbocycles. The van der Waals surface area contributed by atoms with Crippen LogP contribution in [0.4, 0.5) is 0 Å². The molecule has 2 saturated heterocycles. The van der Waals surface area contributed by atoms with Gasteiger partial charge in [-0.2, -0.15) is 0 Å². The van der Waals surface area contributed by atoms with Crippen molar-refractivity contribution in [2.24, 2.45) is 5.92 Å². The lowest BCUT2D eigenvalue weighted by Crippen LogP contribution is -2.24. The molecule has 0 amide bonds. The number of carbonyl (C=O) groups excluding carboxylic acids is 1. The molecule has 2 nitrogen and oxygen atoms in total. The quantitative estimate of drug-likeness (QED) is 0.643. The molecule has 0 aromatic carbocycles. The Morgan fingerprint density at radius 2 is 2.33 bits per heavy atom. The summed E-state index contributed by atoms with van der Waals surface area (Å²) in [4.78, 5) is 11.6. The third-order valence-electron chi connectivity index (χ3n) is 3.02. The highest BCUT2D eigenvalue weighted by molar-refractivity contribution is 5.82. The van der Waals surface area contributed by atoms with E-state index in [-0.39, 0.29) is 12.0 Å². The highest BCUT2D eigenvalue weighted by Crippen LogP contribution is 2.39. The van der Waals surface area contributed by atoms with Gasteiger partial charge in [-0.1, -0.05) is 6.92 Å². The average Bonchev–Trinajstić information content (AvgIpc) is 2.64. The summed E-state index contributed by atoms with van der Waals surface area (Å²) in [6.45, 7) is 2.06. The third-order valence-corrected chi connectivity index (χ3v) is 3.02. The summed E-state index contributed by atoms with van der Waals surface area (Å²) in [7, 11) is 0. The number of ether oxygens (including phenoxy) is 1. The Labute approximate surface area is 73.3 Å². The van der Waals surface area contributed by atoms with Gasteiger partial charge in [0.25, 0.3) is 0 Å². The van der Waals surface area contributed by atoms with Gasteiger partial charge < -0.3 is 4.74 Å². The summed E-state index contributed by atoms with van der Waals surface area (Å²) in [5.41, 5.74) is 0. The standard InChI is InChI=1S/C10H16O2/c1-2-3-9(11)8-6-7-4-5-10(8)12-7/h7-8,10H,2-6H2,1H3. The first-order valence-corrected chi connectivity index (χ1v) is 4.99. The third kappa shape index (κ3) is 1.28. The number of ketones is 1. The van der Waals surface area contributed by atoms with Crippen LogP contribution >= 0.6 is 0 Å². The second-order valence-corrected chi connectivity index (χ2v) is 3.93. The first kappa shape index (κ1) is 8.24. The van der Waals surface area contributed by atoms with Crippen molar-refractivity contribution in [1.82, 2.24) is 0 Å². The van der Waals surface area contributed by atoms with Gasteiger partial charge in [-0.05, 0) is 25.7 Å². The topological polar surface area (TPSA) is 26.3 Å². The second kappa shape index (κ2) is 3.17. The maximum atomic E-state index is 11.6. The van der Waals surface area contributed by atoms with Crippen molar-refractivity contribution in [2.45, 2.75) is 51.2 Å². The summed E-state index contributed by atoms with van der Waals surface area (Å²) in [5.74, 6) is 0.688. The van der Waals surface area contributed by atoms with Gasteiger partial charge in [0.15, 0.2) is 0 Å². The van der Waals surface area contributed by atoms with Gasteiger partial charge in [0.1, 0.15) is 5.78 Å². The van der Waals surface area contributed by atoms with Crippen molar-refractivity contribution in [3.63, 3.8) is 0 Å². The average molecular weight is 168 g/mol. The summed E-state index contributed by atoms with van der Waals surface area (Å²) in [5, 5.41) is 0. The monoisotopic (exact) mass is 168 g/mol. The van der Waals surface area contributed by atoms with Crippen molar-refractivity contribution >= 4 is 5.78 Å². The van der Waals surface area contributed by atoms with Gasteiger partial charge in [-0.15, -0.1) is 0 Å². The van der Waals surface area contributed by atoms with E-state index in [1.807, 2.05) is 0 Å². The molecule has 2 fully saturated rings. The van der Waals surface area contributed by atoms with Gasteiger partial charge >= 0.3 is 0 Å². The van der Waals surface area contributed by atoms with Crippen LogP contribution in [0, 0.1) is 5.92 Å². The van der Waals surface area contributed by atoms with Crippen LogP contribution in [0.2, 0.25) is 0 Å². The number of hydrogen-bond donors (Lipinski definition) is 0. The van der Waals surface area contributed by atoms with E-state index in [4.69, 9.17) is 4.74 Å². The first-order valence-electron chi connectivity index (χ1n) is 4.99. The molecular formula is C10H16O2. The largest absolute Gasteiger partial charge is 0.374 e. The van der Waals surface area contributed by atoms with Crippen molar-refractivity contribution in [3.8, 4) is 0 Å². The van der Waals surface area contributed by atoms with Crippen molar-refractivity contribution in [3.05, 3.63) is 0 Å². The minimum absolute atomic E-state index is 0.253. The zero-order chi connectivity index (χ0) is 8.55. The second-order valence-electron chi connectivity index (χ2n) is 3.93. The van der Waals surface area contributed by atoms with E-state index in [0.29, 0.717) is 11.9 Å². The van der Waals surface area contributed by atoms with Crippen LogP contribution < -0.4 is 0 Å². The molecule has 0 aromatic heterocycles. The lowest BCUT2D eigenvalue weighted by Gasteiger charge is -2.16. The molecular weight excluding hydrogens is 152 g/mol. The van der Waals surface area contributed by atoms with Crippen LogP contribution in [0.25, 0.3) is 0 Å². The molecule has 2 heterocycles. The van der Waals surface area contributed by atoms with E-state index >= 15 is 0 Å². The highest BCUT2D eigenvalue weighted by atomic mass is 16.5. The van der Waals surface area contributed by atoms with Gasteiger partial charge in [-0.3, -0.25) is 4.79 Å². The number of rotatable bonds is 3. The fourth-order valence-corrected chi connectivity index (χ4v) is 2.41. The summed E-state index contributed by atoms with van der Waals surface area (Å²) in [6, 6.07) is 0. The fraction of sp³-hybridized carbons (Fsp3) is 0.900. The highest BCUT2D eigenvalue weighted by Gasteiger charge is 2.43. The Morgan fingerprint density at radius 3 is 2.83 bits per heavy atom. The molecule has 2 rings (SSSR count). The maximum Gasteiger partial charge on any atom is 0.138 e.